The van der Waals surface area contributed by atoms with Crippen molar-refractivity contribution >= 4 is 22.8 Å². The van der Waals surface area contributed by atoms with Crippen LogP contribution in [0, 0.1) is 0 Å². The molecule has 0 saturated carbocycles. The normalized spacial score (nSPS) is 10.5. The van der Waals surface area contributed by atoms with Crippen LogP contribution in [0.5, 0.6) is 0 Å². The zero-order chi connectivity index (χ0) is 14.7. The fraction of sp³-hybridized carbons (Fsp3) is 0.133. The van der Waals surface area contributed by atoms with Crippen molar-refractivity contribution in [3.63, 3.8) is 0 Å². The first kappa shape index (κ1) is 13.1. The average molecular weight is 283 g/mol. The quantitative estimate of drug-likeness (QED) is 0.742. The summed E-state index contributed by atoms with van der Waals surface area (Å²) in [7, 11) is 1.31. The minimum Gasteiger partial charge on any atom is -0.467 e. The van der Waals surface area contributed by atoms with Gasteiger partial charge in [-0.3, -0.25) is 0 Å². The maximum absolute atomic E-state index is 11.9. The van der Waals surface area contributed by atoms with Gasteiger partial charge in [-0.25, -0.2) is 14.8 Å². The number of anilines is 1. The van der Waals surface area contributed by atoms with Crippen molar-refractivity contribution in [2.24, 2.45) is 0 Å². The van der Waals surface area contributed by atoms with Gasteiger partial charge in [0.15, 0.2) is 11.5 Å². The lowest BCUT2D eigenvalue weighted by Gasteiger charge is -2.09. The molecule has 0 spiro atoms. The first-order valence-electron chi connectivity index (χ1n) is 6.39. The highest BCUT2D eigenvalue weighted by molar-refractivity contribution is 5.95. The Morgan fingerprint density at radius 1 is 1.19 bits per heavy atom. The molecule has 0 amide bonds. The van der Waals surface area contributed by atoms with E-state index in [0.29, 0.717) is 23.4 Å². The number of rotatable bonds is 4. The summed E-state index contributed by atoms with van der Waals surface area (Å²) in [6.45, 7) is 0.407. The maximum atomic E-state index is 11.9. The van der Waals surface area contributed by atoms with Crippen molar-refractivity contribution in [1.29, 1.82) is 0 Å². The van der Waals surface area contributed by atoms with Gasteiger partial charge < -0.3 is 14.5 Å². The maximum Gasteiger partial charge on any atom is 0.360 e. The van der Waals surface area contributed by atoms with Gasteiger partial charge in [0, 0.05) is 0 Å². The molecule has 21 heavy (non-hydrogen) atoms. The molecular formula is C15H13N3O3. The van der Waals surface area contributed by atoms with Gasteiger partial charge in [-0.2, -0.15) is 0 Å². The van der Waals surface area contributed by atoms with E-state index in [9.17, 15) is 4.79 Å². The zero-order valence-corrected chi connectivity index (χ0v) is 11.4. The molecule has 0 atom stereocenters. The highest BCUT2D eigenvalue weighted by Gasteiger charge is 2.17. The monoisotopic (exact) mass is 283 g/mol. The molecule has 3 aromatic rings. The van der Waals surface area contributed by atoms with Crippen molar-refractivity contribution in [2.45, 2.75) is 6.54 Å². The predicted molar refractivity (Wildman–Crippen MR) is 76.9 cm³/mol. The molecule has 1 aromatic carbocycles. The number of ether oxygens (including phenoxy) is 1. The number of fused-ring (bicyclic) bond motifs is 1. The Kier molecular flexibility index (Phi) is 3.51. The summed E-state index contributed by atoms with van der Waals surface area (Å²) in [6.07, 6.45) is 1.59. The zero-order valence-electron chi connectivity index (χ0n) is 11.4. The van der Waals surface area contributed by atoms with Crippen molar-refractivity contribution in [3.8, 4) is 0 Å². The summed E-state index contributed by atoms with van der Waals surface area (Å²) >= 11 is 0. The van der Waals surface area contributed by atoms with Crippen LogP contribution in [-0.2, 0) is 11.3 Å². The fourth-order valence-electron chi connectivity index (χ4n) is 1.95. The second kappa shape index (κ2) is 5.62. The molecule has 3 rings (SSSR count). The Morgan fingerprint density at radius 2 is 1.95 bits per heavy atom. The fourth-order valence-corrected chi connectivity index (χ4v) is 1.95. The van der Waals surface area contributed by atoms with Crippen molar-refractivity contribution in [2.75, 3.05) is 12.4 Å². The Morgan fingerprint density at radius 3 is 2.62 bits per heavy atom. The molecule has 0 radical (unpaired) electrons. The Hall–Kier alpha value is -2.89. The van der Waals surface area contributed by atoms with Crippen LogP contribution < -0.4 is 5.32 Å². The highest BCUT2D eigenvalue weighted by Crippen LogP contribution is 2.18. The summed E-state index contributed by atoms with van der Waals surface area (Å²) in [5.41, 5.74) is 1.50. The second-order valence-electron chi connectivity index (χ2n) is 4.33. The predicted octanol–water partition coefficient (Wildman–Crippen LogP) is 2.62. The lowest BCUT2D eigenvalue weighted by atomic mass is 10.3. The van der Waals surface area contributed by atoms with Crippen LogP contribution in [0.25, 0.3) is 11.0 Å². The van der Waals surface area contributed by atoms with E-state index >= 15 is 0 Å². The minimum atomic E-state index is -0.532. The molecule has 0 bridgehead atoms. The molecule has 0 aliphatic heterocycles. The van der Waals surface area contributed by atoms with Crippen LogP contribution in [0.1, 0.15) is 16.2 Å². The number of nitrogens with one attached hydrogen (secondary N) is 1. The minimum absolute atomic E-state index is 0.155. The van der Waals surface area contributed by atoms with Crippen LogP contribution in [0.15, 0.2) is 47.1 Å². The molecule has 0 fully saturated rings. The van der Waals surface area contributed by atoms with Gasteiger partial charge in [0.1, 0.15) is 5.76 Å². The van der Waals surface area contributed by atoms with E-state index in [1.54, 1.807) is 18.4 Å². The van der Waals surface area contributed by atoms with Gasteiger partial charge in [-0.15, -0.1) is 0 Å². The third-order valence-corrected chi connectivity index (χ3v) is 2.96. The van der Waals surface area contributed by atoms with Crippen LogP contribution in [0.2, 0.25) is 0 Å². The van der Waals surface area contributed by atoms with Gasteiger partial charge in [0.25, 0.3) is 0 Å². The summed E-state index contributed by atoms with van der Waals surface area (Å²) in [5.74, 6) is 0.577. The third-order valence-electron chi connectivity index (χ3n) is 2.96. The van der Waals surface area contributed by atoms with E-state index in [-0.39, 0.29) is 5.69 Å². The van der Waals surface area contributed by atoms with Crippen molar-refractivity contribution < 1.29 is 13.9 Å². The second-order valence-corrected chi connectivity index (χ2v) is 4.33. The van der Waals surface area contributed by atoms with Crippen LogP contribution >= 0.6 is 0 Å². The van der Waals surface area contributed by atoms with Crippen LogP contribution in [-0.4, -0.2) is 23.0 Å². The molecule has 2 heterocycles. The van der Waals surface area contributed by atoms with Gasteiger partial charge in [0.2, 0.25) is 0 Å². The third kappa shape index (κ3) is 2.69. The number of hydrogen-bond donors (Lipinski definition) is 1. The molecule has 6 nitrogen and oxygen atoms in total. The highest BCUT2D eigenvalue weighted by atomic mass is 16.5. The van der Waals surface area contributed by atoms with Gasteiger partial charge in [-0.1, -0.05) is 12.1 Å². The summed E-state index contributed by atoms with van der Waals surface area (Å²) < 4.78 is 10.0. The lowest BCUT2D eigenvalue weighted by molar-refractivity contribution is 0.0595. The molecule has 0 aliphatic carbocycles. The molecule has 6 heteroatoms. The molecule has 0 saturated heterocycles. The number of hydrogen-bond acceptors (Lipinski definition) is 6. The SMILES string of the molecule is COC(=O)c1nc2ccccc2nc1NCc1ccco1. The van der Waals surface area contributed by atoms with Gasteiger partial charge >= 0.3 is 5.97 Å². The smallest absolute Gasteiger partial charge is 0.360 e. The van der Waals surface area contributed by atoms with E-state index < -0.39 is 5.97 Å². The van der Waals surface area contributed by atoms with E-state index in [1.807, 2.05) is 24.3 Å². The molecule has 0 unspecified atom stereocenters. The Labute approximate surface area is 120 Å². The summed E-state index contributed by atoms with van der Waals surface area (Å²) in [4.78, 5) is 20.6. The Bertz CT molecular complexity index is 769. The number of carbonyl (C=O) groups excluding carboxylic acids is 1. The number of benzene rings is 1. The van der Waals surface area contributed by atoms with E-state index in [0.717, 1.165) is 5.76 Å². The first-order valence-corrected chi connectivity index (χ1v) is 6.39. The van der Waals surface area contributed by atoms with E-state index in [2.05, 4.69) is 15.3 Å². The standard InChI is InChI=1S/C15H13N3O3/c1-20-15(19)13-14(16-9-10-5-4-8-21-10)18-12-7-3-2-6-11(12)17-13/h2-8H,9H2,1H3,(H,16,18). The summed E-state index contributed by atoms with van der Waals surface area (Å²) in [6, 6.07) is 11.0. The number of carbonyl (C=O) groups is 1. The number of esters is 1. The van der Waals surface area contributed by atoms with Crippen molar-refractivity contribution in [1.82, 2.24) is 9.97 Å². The largest absolute Gasteiger partial charge is 0.467 e. The number of para-hydroxylation sites is 2. The van der Waals surface area contributed by atoms with Gasteiger partial charge in [-0.05, 0) is 24.3 Å². The van der Waals surface area contributed by atoms with Crippen LogP contribution in [0.4, 0.5) is 5.82 Å². The number of furan rings is 1. The van der Waals surface area contributed by atoms with E-state index in [4.69, 9.17) is 9.15 Å². The average Bonchev–Trinajstić information content (AvgIpc) is 3.04. The van der Waals surface area contributed by atoms with Gasteiger partial charge in [0.05, 0.1) is 31.0 Å². The van der Waals surface area contributed by atoms with Crippen LogP contribution in [0.3, 0.4) is 0 Å². The van der Waals surface area contributed by atoms with E-state index in [1.165, 1.54) is 7.11 Å². The van der Waals surface area contributed by atoms with Crippen molar-refractivity contribution in [3.05, 3.63) is 54.1 Å². The summed E-state index contributed by atoms with van der Waals surface area (Å²) in [5, 5.41) is 3.05. The molecule has 106 valence electrons. The number of aromatic nitrogens is 2. The Balaban J connectivity index is 1.99. The lowest BCUT2D eigenvalue weighted by Crippen LogP contribution is -2.12. The topological polar surface area (TPSA) is 77.2 Å². The molecule has 2 aromatic heterocycles. The molecule has 0 aliphatic rings. The number of methoxy groups -OCH3 is 1. The molecular weight excluding hydrogens is 270 g/mol. The number of nitrogens with zero attached hydrogens (tertiary/aromatic N) is 2. The first-order chi connectivity index (χ1) is 10.3. The molecule has 1 N–H and O–H groups in total.